The van der Waals surface area contributed by atoms with E-state index in [1.54, 1.807) is 24.3 Å². The number of benzene rings is 3. The first-order valence-corrected chi connectivity index (χ1v) is 26.9. The van der Waals surface area contributed by atoms with Crippen LogP contribution < -0.4 is 31.5 Å². The normalized spacial score (nSPS) is 19.8. The van der Waals surface area contributed by atoms with Gasteiger partial charge in [0, 0.05) is 104 Å². The molecule has 1 amide bonds. The average Bonchev–Trinajstić information content (AvgIpc) is 3.98. The van der Waals surface area contributed by atoms with Crippen LogP contribution in [-0.4, -0.2) is 105 Å². The van der Waals surface area contributed by atoms with Gasteiger partial charge in [-0.3, -0.25) is 4.79 Å². The fourth-order valence-corrected chi connectivity index (χ4v) is 12.4. The number of carbonyl (C=O) groups is 1. The summed E-state index contributed by atoms with van der Waals surface area (Å²) < 4.78 is 25.7. The number of unbranched alkanes of at least 4 members (excludes halogenated alkanes) is 1. The Labute approximate surface area is 399 Å². The van der Waals surface area contributed by atoms with Gasteiger partial charge in [-0.1, -0.05) is 18.1 Å². The van der Waals surface area contributed by atoms with Crippen LogP contribution in [0.3, 0.4) is 0 Å². The van der Waals surface area contributed by atoms with Crippen molar-refractivity contribution >= 4 is 71.0 Å². The Morgan fingerprint density at radius 1 is 0.881 bits per heavy atom. The average molecular weight is 938 g/mol. The summed E-state index contributed by atoms with van der Waals surface area (Å²) in [6.07, 6.45) is 10.9. The van der Waals surface area contributed by atoms with Crippen LogP contribution >= 0.6 is 11.3 Å². The van der Waals surface area contributed by atoms with Crippen molar-refractivity contribution in [1.29, 1.82) is 0 Å². The second-order valence-electron chi connectivity index (χ2n) is 19.2. The van der Waals surface area contributed by atoms with Crippen molar-refractivity contribution in [3.05, 3.63) is 106 Å². The first kappa shape index (κ1) is 45.2. The number of amides is 1. The Bertz CT molecular complexity index is 2930. The van der Waals surface area contributed by atoms with Crippen LogP contribution in [0.5, 0.6) is 0 Å². The summed E-state index contributed by atoms with van der Waals surface area (Å²) in [5, 5.41) is 20.2. The molecule has 14 heteroatoms. The van der Waals surface area contributed by atoms with Gasteiger partial charge in [0.05, 0.1) is 28.3 Å². The predicted octanol–water partition coefficient (Wildman–Crippen LogP) is 7.96. The van der Waals surface area contributed by atoms with Gasteiger partial charge in [0.15, 0.2) is 9.84 Å². The summed E-state index contributed by atoms with van der Waals surface area (Å²) in [4.78, 5) is 26.0. The number of aromatic nitrogens is 2. The molecule has 4 aliphatic rings. The molecule has 3 atom stereocenters. The van der Waals surface area contributed by atoms with Crippen LogP contribution in [0.15, 0.2) is 83.8 Å². The molecule has 0 saturated carbocycles. The molecule has 0 spiro atoms. The van der Waals surface area contributed by atoms with E-state index in [4.69, 9.17) is 4.98 Å². The predicted molar refractivity (Wildman–Crippen MR) is 275 cm³/mol. The zero-order chi connectivity index (χ0) is 46.1. The molecule has 2 bridgehead atoms. The van der Waals surface area contributed by atoms with E-state index >= 15 is 0 Å². The zero-order valence-corrected chi connectivity index (χ0v) is 40.6. The van der Waals surface area contributed by atoms with E-state index < -0.39 is 9.84 Å². The Hall–Kier alpha value is -5.59. The zero-order valence-electron chi connectivity index (χ0n) is 39.0. The van der Waals surface area contributed by atoms with Crippen molar-refractivity contribution in [3.8, 4) is 11.8 Å². The molecule has 12 nitrogen and oxygen atoms in total. The van der Waals surface area contributed by atoms with E-state index in [0.29, 0.717) is 29.6 Å². The number of hydrogen-bond donors (Lipinski definition) is 5. The Morgan fingerprint density at radius 3 is 2.48 bits per heavy atom. The lowest BCUT2D eigenvalue weighted by molar-refractivity contribution is 0.0938. The highest BCUT2D eigenvalue weighted by Gasteiger charge is 2.33. The van der Waals surface area contributed by atoms with E-state index in [0.717, 1.165) is 133 Å². The minimum Gasteiger partial charge on any atom is -0.383 e. The van der Waals surface area contributed by atoms with Gasteiger partial charge in [-0.2, -0.15) is 0 Å². The van der Waals surface area contributed by atoms with Gasteiger partial charge in [0.25, 0.3) is 5.91 Å². The third-order valence-electron chi connectivity index (χ3n) is 14.4. The quantitative estimate of drug-likeness (QED) is 0.0541. The van der Waals surface area contributed by atoms with Crippen molar-refractivity contribution in [2.75, 3.05) is 72.9 Å². The highest BCUT2D eigenvalue weighted by molar-refractivity contribution is 7.90. The maximum Gasteiger partial charge on any atom is 0.263 e. The smallest absolute Gasteiger partial charge is 0.263 e. The first-order valence-electron chi connectivity index (χ1n) is 24.2. The molecule has 3 aliphatic heterocycles. The van der Waals surface area contributed by atoms with E-state index in [1.165, 1.54) is 52.6 Å². The number of nitrogens with zero attached hydrogens (tertiary/aromatic N) is 4. The Morgan fingerprint density at radius 2 is 1.69 bits per heavy atom. The maximum atomic E-state index is 14.0. The minimum absolute atomic E-state index is 0.00108. The lowest BCUT2D eigenvalue weighted by Crippen LogP contribution is -2.51. The van der Waals surface area contributed by atoms with Gasteiger partial charge in [-0.05, 0) is 155 Å². The fourth-order valence-electron chi connectivity index (χ4n) is 10.6. The number of pyridine rings is 1. The number of rotatable bonds is 14. The number of piperidine rings is 1. The highest BCUT2D eigenvalue weighted by Crippen LogP contribution is 2.36. The van der Waals surface area contributed by atoms with Crippen LogP contribution in [0.25, 0.3) is 21.1 Å². The second-order valence-corrected chi connectivity index (χ2v) is 22.2. The van der Waals surface area contributed by atoms with Crippen molar-refractivity contribution < 1.29 is 13.2 Å². The summed E-state index contributed by atoms with van der Waals surface area (Å²) in [7, 11) is -1.17. The molecule has 67 heavy (non-hydrogen) atoms. The van der Waals surface area contributed by atoms with Crippen LogP contribution in [0, 0.1) is 18.8 Å². The number of carbonyl (C=O) groups excluding carboxylic acids is 1. The summed E-state index contributed by atoms with van der Waals surface area (Å²) in [5.41, 5.74) is 10.1. The fraction of sp³-hybridized carbons (Fsp3) is 0.434. The Kier molecular flexibility index (Phi) is 13.2. The minimum atomic E-state index is -3.22. The van der Waals surface area contributed by atoms with Crippen molar-refractivity contribution in [2.24, 2.45) is 7.05 Å². The number of piperazine rings is 1. The molecule has 3 aromatic heterocycles. The highest BCUT2D eigenvalue weighted by atomic mass is 32.2. The molecule has 350 valence electrons. The number of likely N-dealkylation sites (tertiary alicyclic amines) is 1. The van der Waals surface area contributed by atoms with Gasteiger partial charge in [0.2, 0.25) is 0 Å². The van der Waals surface area contributed by atoms with Crippen molar-refractivity contribution in [1.82, 2.24) is 25.1 Å². The van der Waals surface area contributed by atoms with E-state index in [-0.39, 0.29) is 11.9 Å². The number of anilines is 4. The number of aryl methyl sites for hydroxylation is 3. The number of fused-ring (bicyclic) bond motifs is 5. The molecule has 3 aromatic carbocycles. The van der Waals surface area contributed by atoms with Crippen LogP contribution in [0.2, 0.25) is 0 Å². The number of nitrogens with one attached hydrogen (secondary N) is 5. The molecule has 3 fully saturated rings. The van der Waals surface area contributed by atoms with Crippen molar-refractivity contribution in [2.45, 2.75) is 93.8 Å². The third-order valence-corrected chi connectivity index (χ3v) is 16.6. The van der Waals surface area contributed by atoms with Crippen LogP contribution in [0.4, 0.5) is 22.7 Å². The van der Waals surface area contributed by atoms with E-state index in [9.17, 15) is 13.2 Å². The molecule has 3 saturated heterocycles. The molecule has 0 radical (unpaired) electrons. The van der Waals surface area contributed by atoms with Crippen LogP contribution in [-0.2, 0) is 29.7 Å². The maximum absolute atomic E-state index is 14.0. The second kappa shape index (κ2) is 19.6. The van der Waals surface area contributed by atoms with Gasteiger partial charge in [0.1, 0.15) is 9.71 Å². The summed E-state index contributed by atoms with van der Waals surface area (Å²) in [5.74, 6) is 6.55. The van der Waals surface area contributed by atoms with Crippen molar-refractivity contribution in [3.63, 3.8) is 0 Å². The molecule has 6 aromatic rings. The molecule has 5 N–H and O–H groups in total. The topological polar surface area (TPSA) is 136 Å². The Balaban J connectivity index is 0.686. The van der Waals surface area contributed by atoms with Gasteiger partial charge in [-0.15, -0.1) is 11.3 Å². The van der Waals surface area contributed by atoms with E-state index in [2.05, 4.69) is 108 Å². The molecule has 10 rings (SSSR count). The lowest BCUT2D eigenvalue weighted by Gasteiger charge is -2.35. The number of sulfone groups is 1. The molecule has 0 unspecified atom stereocenters. The number of hydrogen-bond acceptors (Lipinski definition) is 11. The monoisotopic (exact) mass is 937 g/mol. The molecule has 6 heterocycles. The largest absolute Gasteiger partial charge is 0.383 e. The molecular formula is C53H63N9O3S2. The third kappa shape index (κ3) is 10.3. The standard InChI is InChI=1S/C53H63N9O3S2/c1-35-11-22-46-50(51(66-53(46)56-35)52(63)59-40-14-12-37-31-44(19-13-36(37)30-40)62-33-41-15-16-42(34-62)57-41)55-25-4-5-27-61-28-23-39(24-29-61)58-48-9-6-10-49-47(48)32-43(60(49)2)8-7-26-54-38-17-20-45(21-18-38)67(3,64)65/h6,9-11,13,17-22,31-32,39-42,54-55,57-58H,4-5,12,14-16,23-30,33-34H2,1-3H3,(H,59,63)/t40-,41-,42+/m0/s1. The first-order chi connectivity index (χ1) is 32.5. The summed E-state index contributed by atoms with van der Waals surface area (Å²) in [6, 6.07) is 28.3. The van der Waals surface area contributed by atoms with Gasteiger partial charge >= 0.3 is 0 Å². The van der Waals surface area contributed by atoms with Gasteiger partial charge < -0.3 is 41.0 Å². The van der Waals surface area contributed by atoms with Gasteiger partial charge in [-0.25, -0.2) is 13.4 Å². The van der Waals surface area contributed by atoms with E-state index in [1.807, 2.05) is 13.0 Å². The summed E-state index contributed by atoms with van der Waals surface area (Å²) in [6.45, 7) is 8.63. The lowest BCUT2D eigenvalue weighted by atomic mass is 9.87. The van der Waals surface area contributed by atoms with Crippen LogP contribution in [0.1, 0.15) is 77.1 Å². The molecule has 1 aliphatic carbocycles. The molecular weight excluding hydrogens is 875 g/mol. The number of thiophene rings is 1. The summed E-state index contributed by atoms with van der Waals surface area (Å²) >= 11 is 1.50. The SMILES string of the molecule is Cc1ccc2c(NCCCCN3CCC(Nc4cccc5c4cc(C#CCNc4ccc(S(C)(=O)=O)cc4)n5C)CC3)c(C(=O)N[C@H]3CCc4cc(N5C[C@H]6CC[C@@H](C5)N6)ccc4C3)sc2n1.